The molecule has 0 radical (unpaired) electrons. The van der Waals surface area contributed by atoms with Gasteiger partial charge in [0.1, 0.15) is 13.0 Å². The van der Waals surface area contributed by atoms with Crippen LogP contribution in [0.25, 0.3) is 11.5 Å². The van der Waals surface area contributed by atoms with Crippen LogP contribution < -0.4 is 5.32 Å². The van der Waals surface area contributed by atoms with Crippen LogP contribution in [0, 0.1) is 0 Å². The first kappa shape index (κ1) is 23.1. The van der Waals surface area contributed by atoms with Gasteiger partial charge in [0, 0.05) is 24.4 Å². The molecule has 31 heavy (non-hydrogen) atoms. The molecule has 1 aromatic carbocycles. The molecule has 0 saturated heterocycles. The first-order valence-corrected chi connectivity index (χ1v) is 8.42. The molecule has 0 bridgehead atoms. The van der Waals surface area contributed by atoms with Crippen LogP contribution in [0.5, 0.6) is 0 Å². The highest BCUT2D eigenvalue weighted by molar-refractivity contribution is 5.89. The number of carbonyl (C=O) groups excluding carboxylic acids is 2. The third-order valence-corrected chi connectivity index (χ3v) is 3.52. The molecule has 0 saturated carbocycles. The average molecular weight is 436 g/mol. The number of carboxylic acids is 1. The van der Waals surface area contributed by atoms with Crippen LogP contribution in [0.2, 0.25) is 0 Å². The van der Waals surface area contributed by atoms with Crippen molar-refractivity contribution in [3.05, 3.63) is 48.3 Å². The maximum absolute atomic E-state index is 10.6. The molecule has 3 heterocycles. The van der Waals surface area contributed by atoms with Crippen LogP contribution >= 0.6 is 0 Å². The number of benzene rings is 1. The molecule has 1 aromatic rings. The van der Waals surface area contributed by atoms with Gasteiger partial charge in [-0.2, -0.15) is 18.3 Å². The van der Waals surface area contributed by atoms with E-state index in [9.17, 15) is 22.8 Å². The molecule has 162 valence electrons. The Labute approximate surface area is 172 Å². The number of aromatic nitrogens is 3. The molecular formula is C18H15F3N6O4. The number of carbonyl (C=O) groups is 3. The van der Waals surface area contributed by atoms with E-state index in [0.717, 1.165) is 23.6 Å². The zero-order valence-electron chi connectivity index (χ0n) is 15.9. The van der Waals surface area contributed by atoms with Crippen LogP contribution in [0.15, 0.2) is 53.0 Å². The number of aldehydes is 1. The van der Waals surface area contributed by atoms with Crippen molar-refractivity contribution in [1.29, 1.82) is 0 Å². The van der Waals surface area contributed by atoms with Crippen molar-refractivity contribution in [2.75, 3.05) is 5.32 Å². The van der Waals surface area contributed by atoms with Gasteiger partial charge < -0.3 is 10.4 Å². The number of aliphatic carboxylic acids is 1. The summed E-state index contributed by atoms with van der Waals surface area (Å²) in [5, 5.41) is 17.6. The minimum Gasteiger partial charge on any atom is -0.475 e. The quantitative estimate of drug-likeness (QED) is 0.589. The van der Waals surface area contributed by atoms with Crippen molar-refractivity contribution >= 4 is 29.7 Å². The van der Waals surface area contributed by atoms with Crippen molar-refractivity contribution in [1.82, 2.24) is 14.5 Å². The molecule has 4 rings (SSSR count). The first-order valence-electron chi connectivity index (χ1n) is 8.42. The number of alkyl halides is 3. The van der Waals surface area contributed by atoms with Gasteiger partial charge in [-0.15, -0.1) is 5.11 Å². The van der Waals surface area contributed by atoms with Crippen LogP contribution in [-0.2, 0) is 16.3 Å². The zero-order valence-corrected chi connectivity index (χ0v) is 15.9. The lowest BCUT2D eigenvalue weighted by Gasteiger charge is -2.04. The second-order valence-corrected chi connectivity index (χ2v) is 5.80. The molecule has 0 aromatic heterocycles. The number of fused-ring (bicyclic) bond motifs is 3. The summed E-state index contributed by atoms with van der Waals surface area (Å²) in [5.41, 5.74) is 2.30. The predicted octanol–water partition coefficient (Wildman–Crippen LogP) is 3.53. The van der Waals surface area contributed by atoms with E-state index < -0.39 is 12.1 Å². The summed E-state index contributed by atoms with van der Waals surface area (Å²) >= 11 is 0. The minimum absolute atomic E-state index is 0.117. The van der Waals surface area contributed by atoms with Crippen molar-refractivity contribution in [3.8, 4) is 11.5 Å². The predicted molar refractivity (Wildman–Crippen MR) is 101 cm³/mol. The fourth-order valence-electron chi connectivity index (χ4n) is 2.19. The number of hydrogen-bond acceptors (Lipinski definition) is 7. The monoisotopic (exact) mass is 436 g/mol. The molecule has 0 spiro atoms. The third kappa shape index (κ3) is 6.69. The summed E-state index contributed by atoms with van der Waals surface area (Å²) in [6.45, 7) is 2.02. The van der Waals surface area contributed by atoms with Gasteiger partial charge in [0.2, 0.25) is 5.91 Å². The van der Waals surface area contributed by atoms with Crippen molar-refractivity contribution < 1.29 is 32.7 Å². The van der Waals surface area contributed by atoms with Gasteiger partial charge in [0.25, 0.3) is 0 Å². The molecule has 0 aliphatic carbocycles. The lowest BCUT2D eigenvalue weighted by atomic mass is 10.2. The summed E-state index contributed by atoms with van der Waals surface area (Å²) in [6.07, 6.45) is -0.896. The molecule has 3 aliphatic heterocycles. The van der Waals surface area contributed by atoms with Crippen molar-refractivity contribution in [3.63, 3.8) is 0 Å². The largest absolute Gasteiger partial charge is 0.490 e. The van der Waals surface area contributed by atoms with Crippen LogP contribution in [-0.4, -0.2) is 44.0 Å². The fourth-order valence-corrected chi connectivity index (χ4v) is 2.19. The Morgan fingerprint density at radius 2 is 1.81 bits per heavy atom. The third-order valence-electron chi connectivity index (χ3n) is 3.52. The summed E-state index contributed by atoms with van der Waals surface area (Å²) in [5.74, 6) is -1.32. The fraction of sp³-hybridized carbons (Fsp3) is 0.167. The van der Waals surface area contributed by atoms with Gasteiger partial charge in [-0.25, -0.2) is 14.8 Å². The lowest BCUT2D eigenvalue weighted by Crippen LogP contribution is -2.21. The topological polar surface area (TPSA) is 139 Å². The molecule has 1 amide bonds. The van der Waals surface area contributed by atoms with E-state index in [0.29, 0.717) is 17.9 Å². The van der Waals surface area contributed by atoms with Crippen LogP contribution in [0.4, 0.5) is 24.7 Å². The number of nitrogens with one attached hydrogen (secondary N) is 1. The van der Waals surface area contributed by atoms with Gasteiger partial charge in [0.15, 0.2) is 11.6 Å². The summed E-state index contributed by atoms with van der Waals surface area (Å²) < 4.78 is 33.7. The van der Waals surface area contributed by atoms with Gasteiger partial charge in [-0.3, -0.25) is 14.2 Å². The van der Waals surface area contributed by atoms with E-state index in [-0.39, 0.29) is 5.91 Å². The normalized spacial score (nSPS) is 11.5. The zero-order chi connectivity index (χ0) is 23.0. The highest BCUT2D eigenvalue weighted by Crippen LogP contribution is 2.27. The molecule has 10 nitrogen and oxygen atoms in total. The second-order valence-electron chi connectivity index (χ2n) is 5.80. The van der Waals surface area contributed by atoms with E-state index in [4.69, 9.17) is 9.90 Å². The molecular weight excluding hydrogens is 421 g/mol. The van der Waals surface area contributed by atoms with Gasteiger partial charge in [-0.05, 0) is 30.3 Å². The van der Waals surface area contributed by atoms with Gasteiger partial charge >= 0.3 is 12.1 Å². The Hall–Kier alpha value is -4.16. The molecule has 0 atom stereocenters. The molecule has 0 fully saturated rings. The molecule has 2 N–H and O–H groups in total. The van der Waals surface area contributed by atoms with E-state index in [2.05, 4.69) is 25.5 Å². The lowest BCUT2D eigenvalue weighted by molar-refractivity contribution is -0.192. The van der Waals surface area contributed by atoms with E-state index in [1.165, 1.54) is 6.92 Å². The summed E-state index contributed by atoms with van der Waals surface area (Å²) in [7, 11) is 0. The number of carboxylic acid groups (broad SMARTS) is 1. The summed E-state index contributed by atoms with van der Waals surface area (Å²) in [6, 6.07) is 8.59. The van der Waals surface area contributed by atoms with Crippen molar-refractivity contribution in [2.24, 2.45) is 10.2 Å². The second kappa shape index (κ2) is 10.0. The number of azo groups is 1. The van der Waals surface area contributed by atoms with Crippen LogP contribution in [0.3, 0.4) is 0 Å². The smallest absolute Gasteiger partial charge is 0.475 e. The van der Waals surface area contributed by atoms with Crippen LogP contribution in [0.1, 0.15) is 17.3 Å². The Balaban J connectivity index is 0.000000173. The average Bonchev–Trinajstić information content (AvgIpc) is 3.37. The number of rotatable bonds is 2. The minimum atomic E-state index is -5.08. The highest BCUT2D eigenvalue weighted by Gasteiger charge is 2.38. The Morgan fingerprint density at radius 1 is 1.16 bits per heavy atom. The number of anilines is 1. The van der Waals surface area contributed by atoms with E-state index in [1.807, 2.05) is 10.6 Å². The van der Waals surface area contributed by atoms with Gasteiger partial charge in [-0.1, -0.05) is 0 Å². The van der Waals surface area contributed by atoms with Crippen molar-refractivity contribution in [2.45, 2.75) is 19.8 Å². The van der Waals surface area contributed by atoms with Gasteiger partial charge in [0.05, 0.1) is 11.9 Å². The molecule has 3 aliphatic rings. The van der Waals surface area contributed by atoms with E-state index in [1.54, 1.807) is 36.7 Å². The SMILES string of the molecule is CC(=O)Nc1ccc(C=O)cc1.O=C(O)C(F)(F)F.c1cc2n3c(cnc-2n1)N=NC3. The number of halogens is 3. The Kier molecular flexibility index (Phi) is 7.49. The summed E-state index contributed by atoms with van der Waals surface area (Å²) in [4.78, 5) is 37.9. The number of nitrogens with zero attached hydrogens (tertiary/aromatic N) is 5. The molecule has 13 heteroatoms. The maximum atomic E-state index is 10.6. The number of amides is 1. The van der Waals surface area contributed by atoms with E-state index >= 15 is 0 Å². The number of hydrogen-bond donors (Lipinski definition) is 2. The Bertz CT molecular complexity index is 1060. The highest BCUT2D eigenvalue weighted by atomic mass is 19.4. The Morgan fingerprint density at radius 3 is 2.35 bits per heavy atom. The molecule has 0 unspecified atom stereocenters. The standard InChI is InChI=1S/C9H9NO2.C7H5N5.C2HF3O2/c1-7(12)10-9-4-2-8(6-11)3-5-9;1-2-8-7-5(1)12-4-10-11-6(12)3-9-7;3-2(4,5)1(6)7/h2-6H,1H3,(H,10,12);1-3H,4H2;(H,6,7). The first-order chi connectivity index (χ1) is 14.6. The maximum Gasteiger partial charge on any atom is 0.490 e.